The molecule has 1 aliphatic rings. The number of hydrogen-bond acceptors (Lipinski definition) is 3. The third-order valence-electron chi connectivity index (χ3n) is 5.26. The molecule has 1 atom stereocenters. The van der Waals surface area contributed by atoms with Crippen molar-refractivity contribution >= 4 is 11.7 Å². The van der Waals surface area contributed by atoms with Crippen LogP contribution in [0.2, 0.25) is 0 Å². The van der Waals surface area contributed by atoms with Gasteiger partial charge in [0.15, 0.2) is 5.78 Å². The fourth-order valence-corrected chi connectivity index (χ4v) is 3.74. The number of pyridine rings is 1. The lowest BCUT2D eigenvalue weighted by atomic mass is 9.89. The molecule has 3 aromatic rings. The summed E-state index contributed by atoms with van der Waals surface area (Å²) in [7, 11) is 0. The van der Waals surface area contributed by atoms with Crippen LogP contribution in [-0.4, -0.2) is 34.7 Å². The van der Waals surface area contributed by atoms with E-state index in [0.717, 1.165) is 24.0 Å². The summed E-state index contributed by atoms with van der Waals surface area (Å²) in [6.07, 6.45) is 4.88. The minimum atomic E-state index is -0.156. The highest BCUT2D eigenvalue weighted by Gasteiger charge is 2.29. The molecule has 0 spiro atoms. The van der Waals surface area contributed by atoms with Crippen molar-refractivity contribution in [1.29, 1.82) is 0 Å². The van der Waals surface area contributed by atoms with Crippen LogP contribution >= 0.6 is 0 Å². The molecule has 1 fully saturated rings. The Bertz CT molecular complexity index is 953. The molecule has 1 aliphatic heterocycles. The molecule has 4 nitrogen and oxygen atoms in total. The molecule has 0 aliphatic carbocycles. The highest BCUT2D eigenvalue weighted by atomic mass is 16.2. The second kappa shape index (κ2) is 8.17. The van der Waals surface area contributed by atoms with Crippen LogP contribution < -0.4 is 0 Å². The predicted molar refractivity (Wildman–Crippen MR) is 109 cm³/mol. The number of nitrogens with zero attached hydrogens (tertiary/aromatic N) is 2. The zero-order valence-corrected chi connectivity index (χ0v) is 15.6. The van der Waals surface area contributed by atoms with E-state index in [0.29, 0.717) is 24.2 Å². The Morgan fingerprint density at radius 1 is 0.857 bits per heavy atom. The summed E-state index contributed by atoms with van der Waals surface area (Å²) >= 11 is 0. The van der Waals surface area contributed by atoms with Crippen LogP contribution in [0.25, 0.3) is 11.1 Å². The Balaban J connectivity index is 1.46. The molecule has 1 aromatic heterocycles. The number of rotatable bonds is 4. The van der Waals surface area contributed by atoms with E-state index in [9.17, 15) is 9.59 Å². The number of likely N-dealkylation sites (tertiary alicyclic amines) is 1. The fraction of sp³-hybridized carbons (Fsp3) is 0.208. The van der Waals surface area contributed by atoms with Gasteiger partial charge in [0.1, 0.15) is 0 Å². The maximum Gasteiger partial charge on any atom is 0.255 e. The van der Waals surface area contributed by atoms with Gasteiger partial charge in [-0.15, -0.1) is 0 Å². The molecule has 1 amide bonds. The Labute approximate surface area is 164 Å². The number of ketones is 1. The average Bonchev–Trinajstić information content (AvgIpc) is 2.79. The number of carbonyl (C=O) groups excluding carboxylic acids is 2. The topological polar surface area (TPSA) is 50.3 Å². The van der Waals surface area contributed by atoms with E-state index >= 15 is 0 Å². The van der Waals surface area contributed by atoms with Gasteiger partial charge in [0.05, 0.1) is 5.56 Å². The van der Waals surface area contributed by atoms with Gasteiger partial charge in [-0.2, -0.15) is 0 Å². The van der Waals surface area contributed by atoms with Gasteiger partial charge >= 0.3 is 0 Å². The molecular formula is C24H22N2O2. The van der Waals surface area contributed by atoms with Gasteiger partial charge in [0, 0.05) is 37.0 Å². The Hall–Kier alpha value is -3.27. The number of carbonyl (C=O) groups is 2. The lowest BCUT2D eigenvalue weighted by Gasteiger charge is -2.32. The van der Waals surface area contributed by atoms with Crippen LogP contribution in [0.5, 0.6) is 0 Å². The molecule has 1 saturated heterocycles. The van der Waals surface area contributed by atoms with Crippen molar-refractivity contribution in [2.75, 3.05) is 13.1 Å². The summed E-state index contributed by atoms with van der Waals surface area (Å²) in [5.41, 5.74) is 3.50. The molecule has 0 radical (unpaired) electrons. The largest absolute Gasteiger partial charge is 0.338 e. The molecule has 1 unspecified atom stereocenters. The van der Waals surface area contributed by atoms with Crippen LogP contribution in [-0.2, 0) is 0 Å². The molecule has 0 N–H and O–H groups in total. The lowest BCUT2D eigenvalue weighted by molar-refractivity contribution is 0.0636. The SMILES string of the molecule is O=C(c1ccc(-c2ccccc2)cc1)C1CCCN(C(=O)c2cccnc2)C1. The van der Waals surface area contributed by atoms with E-state index in [4.69, 9.17) is 0 Å². The minimum absolute atomic E-state index is 0.0509. The molecular weight excluding hydrogens is 348 g/mol. The first-order chi connectivity index (χ1) is 13.7. The predicted octanol–water partition coefficient (Wildman–Crippen LogP) is 4.48. The maximum absolute atomic E-state index is 13.0. The molecule has 2 aromatic carbocycles. The van der Waals surface area contributed by atoms with E-state index in [1.54, 1.807) is 29.4 Å². The first kappa shape index (κ1) is 18.1. The Morgan fingerprint density at radius 3 is 2.32 bits per heavy atom. The molecule has 28 heavy (non-hydrogen) atoms. The molecule has 4 rings (SSSR count). The first-order valence-corrected chi connectivity index (χ1v) is 9.61. The number of Topliss-reactive ketones (excluding diaryl/α,β-unsaturated/α-hetero) is 1. The summed E-state index contributed by atoms with van der Waals surface area (Å²) < 4.78 is 0. The van der Waals surface area contributed by atoms with Crippen LogP contribution in [0.15, 0.2) is 79.1 Å². The molecule has 140 valence electrons. The number of amides is 1. The number of aromatic nitrogens is 1. The van der Waals surface area contributed by atoms with Crippen molar-refractivity contribution in [2.24, 2.45) is 5.92 Å². The van der Waals surface area contributed by atoms with E-state index in [1.165, 1.54) is 0 Å². The zero-order chi connectivity index (χ0) is 19.3. The minimum Gasteiger partial charge on any atom is -0.338 e. The first-order valence-electron chi connectivity index (χ1n) is 9.61. The normalized spacial score (nSPS) is 16.6. The Kier molecular flexibility index (Phi) is 5.29. The second-order valence-electron chi connectivity index (χ2n) is 7.14. The smallest absolute Gasteiger partial charge is 0.255 e. The van der Waals surface area contributed by atoms with Crippen LogP contribution in [0.4, 0.5) is 0 Å². The van der Waals surface area contributed by atoms with E-state index in [2.05, 4.69) is 17.1 Å². The fourth-order valence-electron chi connectivity index (χ4n) is 3.74. The molecule has 0 saturated carbocycles. The molecule has 2 heterocycles. The van der Waals surface area contributed by atoms with Crippen molar-refractivity contribution in [1.82, 2.24) is 9.88 Å². The van der Waals surface area contributed by atoms with Gasteiger partial charge in [0.2, 0.25) is 0 Å². The Morgan fingerprint density at radius 2 is 1.61 bits per heavy atom. The van der Waals surface area contributed by atoms with Gasteiger partial charge in [0.25, 0.3) is 5.91 Å². The van der Waals surface area contributed by atoms with Gasteiger partial charge in [-0.05, 0) is 36.1 Å². The van der Waals surface area contributed by atoms with Crippen LogP contribution in [0, 0.1) is 5.92 Å². The lowest BCUT2D eigenvalue weighted by Crippen LogP contribution is -2.42. The zero-order valence-electron chi connectivity index (χ0n) is 15.6. The quantitative estimate of drug-likeness (QED) is 0.636. The third kappa shape index (κ3) is 3.86. The van der Waals surface area contributed by atoms with Gasteiger partial charge < -0.3 is 4.90 Å². The second-order valence-corrected chi connectivity index (χ2v) is 7.14. The van der Waals surface area contributed by atoms with Crippen molar-refractivity contribution in [2.45, 2.75) is 12.8 Å². The van der Waals surface area contributed by atoms with Crippen molar-refractivity contribution in [3.8, 4) is 11.1 Å². The summed E-state index contributed by atoms with van der Waals surface area (Å²) in [6, 6.07) is 21.4. The van der Waals surface area contributed by atoms with E-state index < -0.39 is 0 Å². The monoisotopic (exact) mass is 370 g/mol. The molecule has 4 heteroatoms. The summed E-state index contributed by atoms with van der Waals surface area (Å²) in [6.45, 7) is 1.15. The van der Waals surface area contributed by atoms with Crippen molar-refractivity contribution in [3.05, 3.63) is 90.3 Å². The standard InChI is InChI=1S/C24H22N2O2/c27-23(20-12-10-19(11-13-20)18-6-2-1-3-7-18)22-9-5-15-26(17-22)24(28)21-8-4-14-25-16-21/h1-4,6-8,10-14,16,22H,5,9,15,17H2. The molecule has 0 bridgehead atoms. The highest BCUT2D eigenvalue weighted by molar-refractivity contribution is 5.99. The van der Waals surface area contributed by atoms with Crippen LogP contribution in [0.1, 0.15) is 33.6 Å². The van der Waals surface area contributed by atoms with Gasteiger partial charge in [-0.3, -0.25) is 14.6 Å². The summed E-state index contributed by atoms with van der Waals surface area (Å²) in [5.74, 6) is -0.0923. The third-order valence-corrected chi connectivity index (χ3v) is 5.26. The van der Waals surface area contributed by atoms with Crippen molar-refractivity contribution in [3.63, 3.8) is 0 Å². The summed E-state index contributed by atoms with van der Waals surface area (Å²) in [4.78, 5) is 31.5. The van der Waals surface area contributed by atoms with Crippen molar-refractivity contribution < 1.29 is 9.59 Å². The number of piperidine rings is 1. The maximum atomic E-state index is 13.0. The van der Waals surface area contributed by atoms with Crippen LogP contribution in [0.3, 0.4) is 0 Å². The van der Waals surface area contributed by atoms with E-state index in [1.807, 2.05) is 42.5 Å². The average molecular weight is 370 g/mol. The summed E-state index contributed by atoms with van der Waals surface area (Å²) in [5, 5.41) is 0. The van der Waals surface area contributed by atoms with E-state index in [-0.39, 0.29) is 17.6 Å². The number of hydrogen-bond donors (Lipinski definition) is 0. The van der Waals surface area contributed by atoms with Gasteiger partial charge in [-0.25, -0.2) is 0 Å². The highest BCUT2D eigenvalue weighted by Crippen LogP contribution is 2.24. The van der Waals surface area contributed by atoms with Gasteiger partial charge in [-0.1, -0.05) is 54.6 Å². The number of benzene rings is 2.